The Morgan fingerprint density at radius 2 is 1.59 bits per heavy atom. The van der Waals surface area contributed by atoms with Crippen LogP contribution in [0.1, 0.15) is 86.3 Å². The highest BCUT2D eigenvalue weighted by Crippen LogP contribution is 2.42. The van der Waals surface area contributed by atoms with Crippen LogP contribution in [0.5, 0.6) is 0 Å². The van der Waals surface area contributed by atoms with E-state index in [1.54, 1.807) is 0 Å². The Kier molecular flexibility index (Phi) is 5.62. The third kappa shape index (κ3) is 3.81. The number of ketones is 1. The summed E-state index contributed by atoms with van der Waals surface area (Å²) in [4.78, 5) is 12.4. The number of aliphatic hydroxyl groups excluding tert-OH is 1. The molecule has 0 amide bonds. The van der Waals surface area contributed by atoms with E-state index in [9.17, 15) is 15.1 Å². The van der Waals surface area contributed by atoms with Gasteiger partial charge in [-0.2, -0.15) is 0 Å². The molecule has 4 heteroatoms. The van der Waals surface area contributed by atoms with E-state index in [-0.39, 0.29) is 16.6 Å². The maximum Gasteiger partial charge on any atom is 0.142 e. The van der Waals surface area contributed by atoms with Crippen LogP contribution in [0, 0.1) is 6.92 Å². The fraction of sp³-hybridized carbons (Fsp3) is 0.429. The molecule has 2 unspecified atom stereocenters. The van der Waals surface area contributed by atoms with E-state index in [2.05, 4.69) is 57.1 Å². The molecule has 0 saturated heterocycles. The fourth-order valence-corrected chi connectivity index (χ4v) is 5.17. The van der Waals surface area contributed by atoms with Crippen LogP contribution in [-0.2, 0) is 15.6 Å². The standard InChI is InChI=1S/C28H33NO3/c1-17-15-21-22(28(4,5)14-13-27(21,2)3)16-20(17)26(29-32)19-11-9-18(10-12-19)25-23(30)7-6-8-24(25)31/h9-16,23,25,30,32H,6-8H2,1-5H3/b29-26-. The van der Waals surface area contributed by atoms with Gasteiger partial charge in [0.05, 0.1) is 12.0 Å². The molecule has 2 aromatic carbocycles. The second-order valence-electron chi connectivity index (χ2n) is 10.5. The smallest absolute Gasteiger partial charge is 0.142 e. The lowest BCUT2D eigenvalue weighted by molar-refractivity contribution is -0.125. The molecule has 0 radical (unpaired) electrons. The van der Waals surface area contributed by atoms with Gasteiger partial charge in [0.15, 0.2) is 0 Å². The lowest BCUT2D eigenvalue weighted by atomic mass is 9.67. The number of benzene rings is 2. The quantitative estimate of drug-likeness (QED) is 0.290. The molecule has 32 heavy (non-hydrogen) atoms. The molecule has 4 rings (SSSR count). The Balaban J connectivity index is 1.74. The second-order valence-corrected chi connectivity index (χ2v) is 10.5. The number of Topliss-reactive ketones (excluding diaryl/α,β-unsaturated/α-hetero) is 1. The largest absolute Gasteiger partial charge is 0.410 e. The van der Waals surface area contributed by atoms with E-state index in [1.807, 2.05) is 31.2 Å². The summed E-state index contributed by atoms with van der Waals surface area (Å²) in [5, 5.41) is 24.0. The molecule has 1 fully saturated rings. The number of carbonyl (C=O) groups is 1. The number of hydrogen-bond donors (Lipinski definition) is 2. The van der Waals surface area contributed by atoms with Gasteiger partial charge in [0, 0.05) is 28.4 Å². The van der Waals surface area contributed by atoms with E-state index < -0.39 is 12.0 Å². The van der Waals surface area contributed by atoms with Gasteiger partial charge in [-0.25, -0.2) is 0 Å². The first kappa shape index (κ1) is 22.5. The maximum absolute atomic E-state index is 12.4. The molecule has 0 aliphatic heterocycles. The first-order chi connectivity index (χ1) is 15.0. The van der Waals surface area contributed by atoms with Crippen molar-refractivity contribution in [3.63, 3.8) is 0 Å². The van der Waals surface area contributed by atoms with Gasteiger partial charge in [0.1, 0.15) is 11.5 Å². The Hall–Kier alpha value is -2.72. The molecule has 0 bridgehead atoms. The van der Waals surface area contributed by atoms with Gasteiger partial charge in [-0.3, -0.25) is 4.79 Å². The van der Waals surface area contributed by atoms with Crippen molar-refractivity contribution in [1.29, 1.82) is 0 Å². The first-order valence-electron chi connectivity index (χ1n) is 11.4. The summed E-state index contributed by atoms with van der Waals surface area (Å²) < 4.78 is 0. The number of carbonyl (C=O) groups excluding carboxylic acids is 1. The Morgan fingerprint density at radius 3 is 2.16 bits per heavy atom. The zero-order valence-corrected chi connectivity index (χ0v) is 19.6. The zero-order chi connectivity index (χ0) is 23.3. The van der Waals surface area contributed by atoms with Crippen LogP contribution in [0.4, 0.5) is 0 Å². The lowest BCUT2D eigenvalue weighted by Crippen LogP contribution is -2.30. The van der Waals surface area contributed by atoms with E-state index in [4.69, 9.17) is 0 Å². The zero-order valence-electron chi connectivity index (χ0n) is 19.6. The molecule has 2 aliphatic carbocycles. The molecule has 2 N–H and O–H groups in total. The summed E-state index contributed by atoms with van der Waals surface area (Å²) in [6.45, 7) is 10.9. The van der Waals surface area contributed by atoms with Gasteiger partial charge in [0.2, 0.25) is 0 Å². The van der Waals surface area contributed by atoms with Crippen molar-refractivity contribution in [3.05, 3.63) is 81.9 Å². The summed E-state index contributed by atoms with van der Waals surface area (Å²) in [7, 11) is 0. The number of hydrogen-bond acceptors (Lipinski definition) is 4. The molecule has 2 aliphatic rings. The monoisotopic (exact) mass is 431 g/mol. The van der Waals surface area contributed by atoms with Crippen molar-refractivity contribution in [1.82, 2.24) is 0 Å². The van der Waals surface area contributed by atoms with E-state index >= 15 is 0 Å². The van der Waals surface area contributed by atoms with Crippen molar-refractivity contribution < 1.29 is 15.1 Å². The molecule has 0 aromatic heterocycles. The molecular formula is C28H33NO3. The number of aliphatic hydroxyl groups is 1. The van der Waals surface area contributed by atoms with Gasteiger partial charge in [-0.1, -0.05) is 75.3 Å². The molecule has 2 atom stereocenters. The van der Waals surface area contributed by atoms with Gasteiger partial charge in [-0.15, -0.1) is 0 Å². The van der Waals surface area contributed by atoms with E-state index in [0.717, 1.165) is 28.7 Å². The van der Waals surface area contributed by atoms with Gasteiger partial charge in [0.25, 0.3) is 0 Å². The number of aryl methyl sites for hydroxylation is 1. The predicted molar refractivity (Wildman–Crippen MR) is 128 cm³/mol. The van der Waals surface area contributed by atoms with Crippen molar-refractivity contribution in [2.75, 3.05) is 0 Å². The van der Waals surface area contributed by atoms with Crippen LogP contribution in [0.25, 0.3) is 0 Å². The normalized spacial score (nSPS) is 24.3. The lowest BCUT2D eigenvalue weighted by Gasteiger charge is -2.37. The van der Waals surface area contributed by atoms with Crippen molar-refractivity contribution in [3.8, 4) is 0 Å². The summed E-state index contributed by atoms with van der Waals surface area (Å²) in [6.07, 6.45) is 5.81. The van der Waals surface area contributed by atoms with Crippen LogP contribution < -0.4 is 0 Å². The Labute approximate surface area is 190 Å². The highest BCUT2D eigenvalue weighted by molar-refractivity contribution is 6.13. The Morgan fingerprint density at radius 1 is 1.00 bits per heavy atom. The third-order valence-corrected chi connectivity index (χ3v) is 7.22. The molecule has 168 valence electrons. The minimum atomic E-state index is -0.630. The molecule has 2 aromatic rings. The summed E-state index contributed by atoms with van der Waals surface area (Å²) in [5.41, 5.74) is 6.41. The molecule has 4 nitrogen and oxygen atoms in total. The van der Waals surface area contributed by atoms with Gasteiger partial charge in [-0.05, 0) is 48.1 Å². The average Bonchev–Trinajstić information content (AvgIpc) is 2.74. The Bertz CT molecular complexity index is 1110. The predicted octanol–water partition coefficient (Wildman–Crippen LogP) is 5.54. The third-order valence-electron chi connectivity index (χ3n) is 7.22. The van der Waals surface area contributed by atoms with E-state index in [0.29, 0.717) is 18.6 Å². The number of rotatable bonds is 3. The van der Waals surface area contributed by atoms with Gasteiger partial charge >= 0.3 is 0 Å². The van der Waals surface area contributed by atoms with E-state index in [1.165, 1.54) is 11.1 Å². The van der Waals surface area contributed by atoms with Gasteiger partial charge < -0.3 is 10.3 Å². The molecular weight excluding hydrogens is 398 g/mol. The number of allylic oxidation sites excluding steroid dienone is 2. The van der Waals surface area contributed by atoms with Crippen molar-refractivity contribution >= 4 is 11.5 Å². The summed E-state index contributed by atoms with van der Waals surface area (Å²) in [5.74, 6) is -0.372. The first-order valence-corrected chi connectivity index (χ1v) is 11.4. The molecule has 0 spiro atoms. The summed E-state index contributed by atoms with van der Waals surface area (Å²) in [6, 6.07) is 11.9. The number of nitrogens with zero attached hydrogens (tertiary/aromatic N) is 1. The number of fused-ring (bicyclic) bond motifs is 1. The summed E-state index contributed by atoms with van der Waals surface area (Å²) >= 11 is 0. The second kappa shape index (κ2) is 8.00. The minimum absolute atomic E-state index is 0.0559. The highest BCUT2D eigenvalue weighted by atomic mass is 16.4. The molecule has 0 heterocycles. The van der Waals surface area contributed by atoms with Crippen LogP contribution in [0.15, 0.2) is 53.7 Å². The topological polar surface area (TPSA) is 69.9 Å². The number of oxime groups is 1. The van der Waals surface area contributed by atoms with Crippen LogP contribution >= 0.6 is 0 Å². The van der Waals surface area contributed by atoms with Crippen molar-refractivity contribution in [2.24, 2.45) is 5.16 Å². The van der Waals surface area contributed by atoms with Crippen LogP contribution in [0.2, 0.25) is 0 Å². The van der Waals surface area contributed by atoms with Crippen LogP contribution in [0.3, 0.4) is 0 Å². The SMILES string of the molecule is Cc1cc2c(cc1/C(=N\O)c1ccc(C3C(=O)CCCC3O)cc1)C(C)(C)C=CC2(C)C. The fourth-order valence-electron chi connectivity index (χ4n) is 5.17. The highest BCUT2D eigenvalue weighted by Gasteiger charge is 2.34. The maximum atomic E-state index is 12.4. The van der Waals surface area contributed by atoms with Crippen molar-refractivity contribution in [2.45, 2.75) is 76.7 Å². The average molecular weight is 432 g/mol. The molecule has 1 saturated carbocycles. The van der Waals surface area contributed by atoms with Crippen LogP contribution in [-0.4, -0.2) is 27.9 Å². The minimum Gasteiger partial charge on any atom is -0.410 e.